The Morgan fingerprint density at radius 2 is 2.14 bits per heavy atom. The zero-order valence-corrected chi connectivity index (χ0v) is 8.04. The average Bonchev–Trinajstić information content (AvgIpc) is 2.00. The number of hydrogen-bond donors (Lipinski definition) is 1. The molecule has 1 aromatic rings. The molecule has 0 bridgehead atoms. The van der Waals surface area contributed by atoms with Gasteiger partial charge in [0.15, 0.2) is 0 Å². The maximum Gasteiger partial charge on any atom is 0.255 e. The average molecular weight is 202 g/mol. The minimum Gasteiger partial charge on any atom is -0.368 e. The van der Waals surface area contributed by atoms with Gasteiger partial charge in [-0.3, -0.25) is 0 Å². The van der Waals surface area contributed by atoms with Crippen LogP contribution >= 0.6 is 0 Å². The Labute approximate surface area is 80.8 Å². The Morgan fingerprint density at radius 3 is 2.64 bits per heavy atom. The molecule has 4 nitrogen and oxygen atoms in total. The van der Waals surface area contributed by atoms with Crippen molar-refractivity contribution in [1.82, 2.24) is 9.97 Å². The lowest BCUT2D eigenvalue weighted by atomic mass is 10.4. The first-order valence-electron chi connectivity index (χ1n) is 4.09. The standard InChI is InChI=1S/C8H12F2N4/c1-5-3-7(13-8(11)12-5)14(2)4-6(9)10/h3,6H,4H2,1-2H3,(H2,11,12,13). The van der Waals surface area contributed by atoms with E-state index < -0.39 is 6.43 Å². The van der Waals surface area contributed by atoms with Gasteiger partial charge in [0.1, 0.15) is 5.82 Å². The van der Waals surface area contributed by atoms with Gasteiger partial charge in [-0.05, 0) is 6.92 Å². The van der Waals surface area contributed by atoms with Crippen LogP contribution < -0.4 is 10.6 Å². The molecule has 0 saturated carbocycles. The summed E-state index contributed by atoms with van der Waals surface area (Å²) >= 11 is 0. The number of nitrogen functional groups attached to an aromatic ring is 1. The summed E-state index contributed by atoms with van der Waals surface area (Å²) in [7, 11) is 1.54. The van der Waals surface area contributed by atoms with Crippen molar-refractivity contribution in [2.24, 2.45) is 0 Å². The van der Waals surface area contributed by atoms with Crippen molar-refractivity contribution in [1.29, 1.82) is 0 Å². The lowest BCUT2D eigenvalue weighted by molar-refractivity contribution is 0.156. The van der Waals surface area contributed by atoms with Gasteiger partial charge in [0.2, 0.25) is 5.95 Å². The third-order valence-electron chi connectivity index (χ3n) is 1.66. The lowest BCUT2D eigenvalue weighted by Crippen LogP contribution is -2.25. The Morgan fingerprint density at radius 1 is 1.50 bits per heavy atom. The monoisotopic (exact) mass is 202 g/mol. The van der Waals surface area contributed by atoms with Crippen LogP contribution in [0, 0.1) is 6.92 Å². The Hall–Kier alpha value is -1.46. The molecule has 1 heterocycles. The highest BCUT2D eigenvalue weighted by Crippen LogP contribution is 2.12. The highest BCUT2D eigenvalue weighted by molar-refractivity contribution is 5.42. The molecule has 0 aliphatic carbocycles. The van der Waals surface area contributed by atoms with Crippen LogP contribution in [-0.4, -0.2) is 30.0 Å². The topological polar surface area (TPSA) is 55.0 Å². The Balaban J connectivity index is 2.84. The number of nitrogens with two attached hydrogens (primary N) is 1. The molecule has 78 valence electrons. The summed E-state index contributed by atoms with van der Waals surface area (Å²) < 4.78 is 24.1. The quantitative estimate of drug-likeness (QED) is 0.796. The van der Waals surface area contributed by atoms with Gasteiger partial charge in [0, 0.05) is 18.8 Å². The zero-order chi connectivity index (χ0) is 10.7. The maximum atomic E-state index is 12.1. The molecule has 0 radical (unpaired) electrons. The van der Waals surface area contributed by atoms with E-state index in [4.69, 9.17) is 5.73 Å². The molecule has 6 heteroatoms. The van der Waals surface area contributed by atoms with Crippen molar-refractivity contribution in [3.05, 3.63) is 11.8 Å². The Bertz CT molecular complexity index is 296. The van der Waals surface area contributed by atoms with E-state index in [1.807, 2.05) is 0 Å². The molecular weight excluding hydrogens is 190 g/mol. The molecule has 0 aliphatic rings. The number of anilines is 2. The molecule has 0 aromatic carbocycles. The van der Waals surface area contributed by atoms with Gasteiger partial charge in [-0.2, -0.15) is 4.98 Å². The normalized spacial score (nSPS) is 10.6. The lowest BCUT2D eigenvalue weighted by Gasteiger charge is -2.17. The van der Waals surface area contributed by atoms with E-state index in [1.165, 1.54) is 11.9 Å². The molecule has 0 fully saturated rings. The number of rotatable bonds is 3. The molecule has 0 saturated heterocycles. The zero-order valence-electron chi connectivity index (χ0n) is 8.04. The van der Waals surface area contributed by atoms with E-state index in [-0.39, 0.29) is 12.5 Å². The fraction of sp³-hybridized carbons (Fsp3) is 0.500. The molecule has 2 N–H and O–H groups in total. The predicted octanol–water partition coefficient (Wildman–Crippen LogP) is 1.07. The predicted molar refractivity (Wildman–Crippen MR) is 50.5 cm³/mol. The molecule has 0 unspecified atom stereocenters. The summed E-state index contributed by atoms with van der Waals surface area (Å²) in [5.41, 5.74) is 6.05. The second-order valence-corrected chi connectivity index (χ2v) is 3.00. The summed E-state index contributed by atoms with van der Waals surface area (Å²) in [5.74, 6) is 0.511. The van der Waals surface area contributed by atoms with E-state index >= 15 is 0 Å². The van der Waals surface area contributed by atoms with Crippen molar-refractivity contribution >= 4 is 11.8 Å². The van der Waals surface area contributed by atoms with Gasteiger partial charge in [0.25, 0.3) is 6.43 Å². The van der Waals surface area contributed by atoms with Crippen LogP contribution in [0.25, 0.3) is 0 Å². The second-order valence-electron chi connectivity index (χ2n) is 3.00. The van der Waals surface area contributed by atoms with Crippen molar-refractivity contribution in [2.75, 3.05) is 24.2 Å². The van der Waals surface area contributed by atoms with E-state index in [1.54, 1.807) is 13.0 Å². The number of alkyl halides is 2. The fourth-order valence-electron chi connectivity index (χ4n) is 1.07. The van der Waals surface area contributed by atoms with Crippen molar-refractivity contribution < 1.29 is 8.78 Å². The first-order chi connectivity index (χ1) is 6.49. The van der Waals surface area contributed by atoms with E-state index in [2.05, 4.69) is 9.97 Å². The van der Waals surface area contributed by atoms with E-state index in [9.17, 15) is 8.78 Å². The van der Waals surface area contributed by atoms with Crippen molar-refractivity contribution in [3.8, 4) is 0 Å². The van der Waals surface area contributed by atoms with Crippen LogP contribution in [0.1, 0.15) is 5.69 Å². The van der Waals surface area contributed by atoms with E-state index in [0.717, 1.165) is 0 Å². The smallest absolute Gasteiger partial charge is 0.255 e. The van der Waals surface area contributed by atoms with Gasteiger partial charge in [-0.1, -0.05) is 0 Å². The van der Waals surface area contributed by atoms with Crippen LogP contribution in [0.3, 0.4) is 0 Å². The van der Waals surface area contributed by atoms with E-state index in [0.29, 0.717) is 11.5 Å². The largest absolute Gasteiger partial charge is 0.368 e. The van der Waals surface area contributed by atoms with Crippen LogP contribution in [-0.2, 0) is 0 Å². The van der Waals surface area contributed by atoms with Gasteiger partial charge in [-0.25, -0.2) is 13.8 Å². The first-order valence-corrected chi connectivity index (χ1v) is 4.09. The van der Waals surface area contributed by atoms with Gasteiger partial charge in [0.05, 0.1) is 6.54 Å². The minimum atomic E-state index is -2.39. The Kier molecular flexibility index (Phi) is 3.16. The first kappa shape index (κ1) is 10.6. The third-order valence-corrected chi connectivity index (χ3v) is 1.66. The fourth-order valence-corrected chi connectivity index (χ4v) is 1.07. The molecule has 0 aliphatic heterocycles. The number of aromatic nitrogens is 2. The molecular formula is C8H12F2N4. The third kappa shape index (κ3) is 2.79. The maximum absolute atomic E-state index is 12.1. The number of hydrogen-bond acceptors (Lipinski definition) is 4. The summed E-state index contributed by atoms with van der Waals surface area (Å²) in [6.45, 7) is 1.37. The van der Waals surface area contributed by atoms with Crippen LogP contribution in [0.5, 0.6) is 0 Å². The van der Waals surface area contributed by atoms with Crippen molar-refractivity contribution in [2.45, 2.75) is 13.3 Å². The van der Waals surface area contributed by atoms with Crippen molar-refractivity contribution in [3.63, 3.8) is 0 Å². The summed E-state index contributed by atoms with van der Waals surface area (Å²) in [6, 6.07) is 1.61. The van der Waals surface area contributed by atoms with Gasteiger partial charge >= 0.3 is 0 Å². The molecule has 0 amide bonds. The molecule has 0 atom stereocenters. The molecule has 14 heavy (non-hydrogen) atoms. The highest BCUT2D eigenvalue weighted by atomic mass is 19.3. The van der Waals surface area contributed by atoms with Gasteiger partial charge < -0.3 is 10.6 Å². The molecule has 0 spiro atoms. The number of aryl methyl sites for hydroxylation is 1. The number of halogens is 2. The SMILES string of the molecule is Cc1cc(N(C)CC(F)F)nc(N)n1. The van der Waals surface area contributed by atoms with Gasteiger partial charge in [-0.15, -0.1) is 0 Å². The molecule has 1 aromatic heterocycles. The number of nitrogens with zero attached hydrogens (tertiary/aromatic N) is 3. The molecule has 1 rings (SSSR count). The summed E-state index contributed by atoms with van der Waals surface area (Å²) in [6.07, 6.45) is -2.39. The van der Waals surface area contributed by atoms with Crippen LogP contribution in [0.2, 0.25) is 0 Å². The second kappa shape index (κ2) is 4.17. The summed E-state index contributed by atoms with van der Waals surface area (Å²) in [5, 5.41) is 0. The van der Waals surface area contributed by atoms with Crippen LogP contribution in [0.15, 0.2) is 6.07 Å². The van der Waals surface area contributed by atoms with Crippen LogP contribution in [0.4, 0.5) is 20.5 Å². The minimum absolute atomic E-state index is 0.0983. The highest BCUT2D eigenvalue weighted by Gasteiger charge is 2.10. The summed E-state index contributed by atoms with van der Waals surface area (Å²) in [4.78, 5) is 9.04.